The van der Waals surface area contributed by atoms with Crippen molar-refractivity contribution in [2.45, 2.75) is 22.7 Å². The molecule has 6 nitrogen and oxygen atoms in total. The van der Waals surface area contributed by atoms with Gasteiger partial charge in [-0.25, -0.2) is 0 Å². The van der Waals surface area contributed by atoms with Crippen molar-refractivity contribution in [3.63, 3.8) is 0 Å². The molecular weight excluding hydrogens is 479 g/mol. The van der Waals surface area contributed by atoms with Gasteiger partial charge in [0.05, 0.1) is 0 Å². The van der Waals surface area contributed by atoms with Crippen LogP contribution >= 0.6 is 17.9 Å². The van der Waals surface area contributed by atoms with Gasteiger partial charge < -0.3 is 0 Å². The normalized spacial score (nSPS) is 13.6. The van der Waals surface area contributed by atoms with Crippen LogP contribution in [0, 0.1) is 0 Å². The third-order valence-electron chi connectivity index (χ3n) is 3.97. The summed E-state index contributed by atoms with van der Waals surface area (Å²) in [5, 5.41) is 1.59. The predicted molar refractivity (Wildman–Crippen MR) is 105 cm³/mol. The fraction of sp³-hybridized carbons (Fsp3) is 1.00. The quantitative estimate of drug-likeness (QED) is 0.330. The molecule has 0 unspecified atom stereocenters. The zero-order valence-electron chi connectivity index (χ0n) is 15.6. The van der Waals surface area contributed by atoms with E-state index in [4.69, 9.17) is 26.6 Å². The van der Waals surface area contributed by atoms with Crippen molar-refractivity contribution in [3.8, 4) is 0 Å². The van der Waals surface area contributed by atoms with E-state index in [2.05, 4.69) is 13.8 Å². The Bertz CT molecular complexity index is 275. The SMILES string of the molecule is C[CH2][Sn]([CH2]C)([S]C[Si](OC)(OC)OC)[S]C[Si](OC)(OC)OC. The van der Waals surface area contributed by atoms with E-state index in [1.807, 2.05) is 17.9 Å². The molecule has 0 N–H and O–H groups in total. The summed E-state index contributed by atoms with van der Waals surface area (Å²) in [5.74, 6) is 0. The summed E-state index contributed by atoms with van der Waals surface area (Å²) >= 11 is -2.48. The van der Waals surface area contributed by atoms with E-state index in [0.29, 0.717) is 0 Å². The second-order valence-electron chi connectivity index (χ2n) is 4.79. The van der Waals surface area contributed by atoms with Crippen molar-refractivity contribution >= 4 is 51.1 Å². The molecule has 0 aliphatic carbocycles. The molecule has 0 aromatic rings. The van der Waals surface area contributed by atoms with Crippen LogP contribution in [0.4, 0.5) is 0 Å². The monoisotopic (exact) mass is 512 g/mol. The Hall–Kier alpha value is 1.69. The van der Waals surface area contributed by atoms with Gasteiger partial charge in [-0.3, -0.25) is 0 Å². The molecule has 0 saturated heterocycles. The van der Waals surface area contributed by atoms with Crippen LogP contribution in [-0.2, 0) is 26.6 Å². The number of hydrogen-bond acceptors (Lipinski definition) is 8. The molecule has 23 heavy (non-hydrogen) atoms. The molecule has 0 rings (SSSR count). The van der Waals surface area contributed by atoms with Gasteiger partial charge >= 0.3 is 154 Å². The second-order valence-corrected chi connectivity index (χ2v) is 39.3. The third kappa shape index (κ3) is 7.08. The zero-order valence-corrected chi connectivity index (χ0v) is 22.1. The molecule has 0 aromatic heterocycles. The summed E-state index contributed by atoms with van der Waals surface area (Å²) in [6.07, 6.45) is 0. The van der Waals surface area contributed by atoms with E-state index in [1.165, 1.54) is 8.87 Å². The van der Waals surface area contributed by atoms with E-state index in [-0.39, 0.29) is 0 Å². The van der Waals surface area contributed by atoms with Crippen LogP contribution in [0.5, 0.6) is 0 Å². The minimum atomic E-state index is -2.54. The van der Waals surface area contributed by atoms with E-state index in [9.17, 15) is 0 Å². The van der Waals surface area contributed by atoms with Crippen LogP contribution in [0.1, 0.15) is 13.8 Å². The predicted octanol–water partition coefficient (Wildman–Crippen LogP) is 2.77. The van der Waals surface area contributed by atoms with Crippen LogP contribution in [0.3, 0.4) is 0 Å². The Labute approximate surface area is 153 Å². The van der Waals surface area contributed by atoms with E-state index in [0.717, 1.165) is 10.8 Å². The first kappa shape index (κ1) is 24.7. The van der Waals surface area contributed by atoms with Gasteiger partial charge in [0.2, 0.25) is 0 Å². The molecule has 0 saturated carbocycles. The van der Waals surface area contributed by atoms with Crippen LogP contribution in [0.2, 0.25) is 8.87 Å². The van der Waals surface area contributed by atoms with Crippen molar-refractivity contribution in [2.75, 3.05) is 53.4 Å². The van der Waals surface area contributed by atoms with Gasteiger partial charge in [-0.2, -0.15) is 0 Å². The first-order valence-corrected chi connectivity index (χ1v) is 24.4. The molecule has 0 spiro atoms. The van der Waals surface area contributed by atoms with Gasteiger partial charge in [0.15, 0.2) is 0 Å². The fourth-order valence-corrected chi connectivity index (χ4v) is 50.8. The summed E-state index contributed by atoms with van der Waals surface area (Å²) < 4.78 is 35.8. The average Bonchev–Trinajstić information content (AvgIpc) is 2.63. The van der Waals surface area contributed by atoms with E-state index >= 15 is 0 Å². The summed E-state index contributed by atoms with van der Waals surface area (Å²) in [6, 6.07) is 0. The van der Waals surface area contributed by atoms with Gasteiger partial charge in [0.1, 0.15) is 0 Å². The van der Waals surface area contributed by atoms with Gasteiger partial charge in [-0.15, -0.1) is 0 Å². The second kappa shape index (κ2) is 12.1. The molecule has 0 bridgehead atoms. The summed E-state index contributed by atoms with van der Waals surface area (Å²) in [5.41, 5.74) is 0. The molecular formula is C12H32O6S2Si2Sn. The van der Waals surface area contributed by atoms with Crippen LogP contribution < -0.4 is 0 Å². The molecule has 0 amide bonds. The number of rotatable bonds is 14. The first-order valence-electron chi connectivity index (χ1n) is 7.49. The van der Waals surface area contributed by atoms with Crippen LogP contribution in [0.25, 0.3) is 0 Å². The molecule has 11 heteroatoms. The fourth-order valence-electron chi connectivity index (χ4n) is 1.99. The Kier molecular flexibility index (Phi) is 13.0. The summed E-state index contributed by atoms with van der Waals surface area (Å²) in [4.78, 5) is 0. The third-order valence-corrected chi connectivity index (χ3v) is 47.8. The molecule has 0 radical (unpaired) electrons. The van der Waals surface area contributed by atoms with Gasteiger partial charge in [-0.05, 0) is 0 Å². The number of hydrogen-bond donors (Lipinski definition) is 0. The van der Waals surface area contributed by atoms with Gasteiger partial charge in [0, 0.05) is 0 Å². The van der Waals surface area contributed by atoms with Crippen molar-refractivity contribution < 1.29 is 26.6 Å². The standard InChI is InChI=1S/2C4H12O3SSi.2C2H5.Sn/c2*1-5-9(4-8,6-2)7-3;2*1-2;/h2*8H,4H2,1-3H3;2*1H2,2H3;/q;;;;+2/p-2. The Morgan fingerprint density at radius 3 is 1.04 bits per heavy atom. The first-order chi connectivity index (χ1) is 10.9. The van der Waals surface area contributed by atoms with Crippen molar-refractivity contribution in [1.82, 2.24) is 0 Å². The van der Waals surface area contributed by atoms with Crippen LogP contribution in [-0.4, -0.2) is 86.6 Å². The molecule has 0 fully saturated rings. The van der Waals surface area contributed by atoms with Gasteiger partial charge in [0.25, 0.3) is 0 Å². The maximum absolute atomic E-state index is 5.56. The molecule has 0 aliphatic heterocycles. The molecule has 0 aliphatic rings. The Morgan fingerprint density at radius 2 is 0.870 bits per heavy atom. The Balaban J connectivity index is 4.99. The van der Waals surface area contributed by atoms with E-state index < -0.39 is 33.2 Å². The zero-order chi connectivity index (χ0) is 18.0. The molecule has 0 heterocycles. The maximum atomic E-state index is 5.56. The van der Waals surface area contributed by atoms with Crippen LogP contribution in [0.15, 0.2) is 0 Å². The van der Waals surface area contributed by atoms with Crippen molar-refractivity contribution in [2.24, 2.45) is 0 Å². The average molecular weight is 511 g/mol. The molecule has 140 valence electrons. The van der Waals surface area contributed by atoms with E-state index in [1.54, 1.807) is 42.7 Å². The molecule has 0 aromatic carbocycles. The van der Waals surface area contributed by atoms with Crippen molar-refractivity contribution in [1.29, 1.82) is 0 Å². The summed E-state index contributed by atoms with van der Waals surface area (Å²) in [7, 11) is 9.00. The minimum absolute atomic E-state index is 0.794. The molecule has 0 atom stereocenters. The van der Waals surface area contributed by atoms with Crippen molar-refractivity contribution in [3.05, 3.63) is 0 Å². The summed E-state index contributed by atoms with van der Waals surface area (Å²) in [6.45, 7) is 4.57. The van der Waals surface area contributed by atoms with Gasteiger partial charge in [-0.1, -0.05) is 0 Å². The topological polar surface area (TPSA) is 55.4 Å². The Morgan fingerprint density at radius 1 is 0.609 bits per heavy atom.